The third-order valence-electron chi connectivity index (χ3n) is 0.674. The summed E-state index contributed by atoms with van der Waals surface area (Å²) in [6.07, 6.45) is 1.22. The molecule has 7 heteroatoms. The average Bonchev–Trinajstić information content (AvgIpc) is 2.34. The molecule has 4 N–H and O–H groups in total. The number of urea groups is 1. The Labute approximate surface area is 55.5 Å². The van der Waals surface area contributed by atoms with Crippen LogP contribution in [0.2, 0.25) is 0 Å². The van der Waals surface area contributed by atoms with Gasteiger partial charge in [0.15, 0.2) is 6.26 Å². The van der Waals surface area contributed by atoms with E-state index in [-0.39, 0.29) is 0 Å². The Balaban J connectivity index is 2.35. The highest BCUT2D eigenvalue weighted by molar-refractivity contribution is 5.72. The van der Waals surface area contributed by atoms with Crippen molar-refractivity contribution >= 4 is 11.8 Å². The molecule has 0 bridgehead atoms. The molecule has 10 heavy (non-hydrogen) atoms. The Morgan fingerprint density at radius 2 is 2.60 bits per heavy atom. The van der Waals surface area contributed by atoms with E-state index >= 15 is 0 Å². The van der Waals surface area contributed by atoms with Crippen LogP contribution in [0, 0.1) is 0 Å². The minimum atomic E-state index is -0.706. The molecule has 7 nitrogen and oxygen atoms in total. The minimum Gasteiger partial charge on any atom is -0.350 e. The van der Waals surface area contributed by atoms with E-state index in [0.29, 0.717) is 5.82 Å². The highest BCUT2D eigenvalue weighted by Crippen LogP contribution is 1.93. The van der Waals surface area contributed by atoms with Crippen molar-refractivity contribution < 1.29 is 9.32 Å². The number of rotatable bonds is 2. The van der Waals surface area contributed by atoms with Crippen LogP contribution in [-0.2, 0) is 0 Å². The van der Waals surface area contributed by atoms with Gasteiger partial charge in [0, 0.05) is 5.27 Å². The number of carbonyl (C=O) groups is 1. The highest BCUT2D eigenvalue weighted by Gasteiger charge is 1.94. The maximum atomic E-state index is 10.1. The maximum absolute atomic E-state index is 10.1. The van der Waals surface area contributed by atoms with Gasteiger partial charge in [-0.05, 0) is 0 Å². The van der Waals surface area contributed by atoms with Gasteiger partial charge in [0.05, 0.1) is 0 Å². The third kappa shape index (κ3) is 1.62. The lowest BCUT2D eigenvalue weighted by Crippen LogP contribution is -2.34. The lowest BCUT2D eigenvalue weighted by Gasteiger charge is -1.97. The predicted molar refractivity (Wildman–Crippen MR) is 30.6 cm³/mol. The lowest BCUT2D eigenvalue weighted by atomic mass is 10.8. The van der Waals surface area contributed by atoms with Gasteiger partial charge in [-0.3, -0.25) is 10.9 Å². The monoisotopic (exact) mass is 143 g/mol. The normalized spacial score (nSPS) is 8.80. The molecule has 0 fully saturated rings. The molecule has 1 aromatic rings. The molecule has 0 saturated carbocycles. The van der Waals surface area contributed by atoms with Crippen LogP contribution in [0.1, 0.15) is 0 Å². The molecule has 2 amide bonds. The van der Waals surface area contributed by atoms with E-state index in [2.05, 4.69) is 25.7 Å². The second-order valence-corrected chi connectivity index (χ2v) is 1.40. The number of nitrogens with two attached hydrogens (primary N) is 1. The summed E-state index contributed by atoms with van der Waals surface area (Å²) < 4.78 is 4.33. The third-order valence-corrected chi connectivity index (χ3v) is 0.674. The molecule has 0 spiro atoms. The molecule has 0 aliphatic rings. The van der Waals surface area contributed by atoms with E-state index in [1.54, 1.807) is 0 Å². The molecular weight excluding hydrogens is 138 g/mol. The number of anilines is 1. The summed E-state index contributed by atoms with van der Waals surface area (Å²) in [5.41, 5.74) is 9.12. The Morgan fingerprint density at radius 1 is 1.80 bits per heavy atom. The second-order valence-electron chi connectivity index (χ2n) is 1.40. The number of hydrogen-bond acceptors (Lipinski definition) is 5. The van der Waals surface area contributed by atoms with Gasteiger partial charge in [-0.25, -0.2) is 4.79 Å². The maximum Gasteiger partial charge on any atom is 0.330 e. The molecular formula is C3H5N5O2. The molecule has 0 atom stereocenters. The van der Waals surface area contributed by atoms with Gasteiger partial charge in [-0.1, -0.05) is 5.10 Å². The Kier molecular flexibility index (Phi) is 1.69. The summed E-state index contributed by atoms with van der Waals surface area (Å²) in [6, 6.07) is -0.706. The van der Waals surface area contributed by atoms with E-state index in [4.69, 9.17) is 5.73 Å². The van der Waals surface area contributed by atoms with Gasteiger partial charge in [0.2, 0.25) is 5.82 Å². The molecule has 54 valence electrons. The van der Waals surface area contributed by atoms with Gasteiger partial charge < -0.3 is 10.3 Å². The van der Waals surface area contributed by atoms with Crippen LogP contribution in [0.25, 0.3) is 0 Å². The SMILES string of the molecule is NC(=O)NNc1conn1. The molecule has 0 saturated heterocycles. The van der Waals surface area contributed by atoms with Crippen LogP contribution in [0.5, 0.6) is 0 Å². The summed E-state index contributed by atoms with van der Waals surface area (Å²) >= 11 is 0. The van der Waals surface area contributed by atoms with Crippen molar-refractivity contribution in [3.63, 3.8) is 0 Å². The van der Waals surface area contributed by atoms with Crippen molar-refractivity contribution in [1.29, 1.82) is 0 Å². The van der Waals surface area contributed by atoms with Crippen molar-refractivity contribution in [1.82, 2.24) is 15.8 Å². The van der Waals surface area contributed by atoms with E-state index in [9.17, 15) is 4.79 Å². The van der Waals surface area contributed by atoms with Gasteiger partial charge in [-0.2, -0.15) is 0 Å². The molecule has 0 unspecified atom stereocenters. The van der Waals surface area contributed by atoms with Crippen LogP contribution in [-0.4, -0.2) is 16.4 Å². The Bertz CT molecular complexity index is 207. The lowest BCUT2D eigenvalue weighted by molar-refractivity contribution is 0.250. The highest BCUT2D eigenvalue weighted by atomic mass is 16.5. The van der Waals surface area contributed by atoms with E-state index in [1.165, 1.54) is 6.26 Å². The standard InChI is InChI=1S/C3H5N5O2/c4-3(9)7-5-2-1-10-8-6-2/h1,5H,(H3,4,7,9). The van der Waals surface area contributed by atoms with Crippen molar-refractivity contribution in [2.75, 3.05) is 5.43 Å². The van der Waals surface area contributed by atoms with Crippen molar-refractivity contribution in [2.45, 2.75) is 0 Å². The largest absolute Gasteiger partial charge is 0.350 e. The number of hydrazine groups is 1. The summed E-state index contributed by atoms with van der Waals surface area (Å²) in [6.45, 7) is 0. The van der Waals surface area contributed by atoms with Gasteiger partial charge in [-0.15, -0.1) is 0 Å². The number of amides is 2. The fraction of sp³-hybridized carbons (Fsp3) is 0. The number of primary amides is 1. The Hall–Kier alpha value is -1.79. The van der Waals surface area contributed by atoms with Crippen LogP contribution >= 0.6 is 0 Å². The number of aromatic nitrogens is 2. The summed E-state index contributed by atoms with van der Waals surface area (Å²) in [5, 5.41) is 6.51. The summed E-state index contributed by atoms with van der Waals surface area (Å²) in [7, 11) is 0. The van der Waals surface area contributed by atoms with E-state index in [0.717, 1.165) is 0 Å². The average molecular weight is 143 g/mol. The quantitative estimate of drug-likeness (QED) is 0.463. The first kappa shape index (κ1) is 6.33. The molecule has 1 heterocycles. The van der Waals surface area contributed by atoms with Crippen molar-refractivity contribution in [2.24, 2.45) is 5.73 Å². The fourth-order valence-electron chi connectivity index (χ4n) is 0.345. The van der Waals surface area contributed by atoms with E-state index < -0.39 is 6.03 Å². The number of hydrogen-bond donors (Lipinski definition) is 3. The van der Waals surface area contributed by atoms with Gasteiger partial charge in [0.25, 0.3) is 0 Å². The van der Waals surface area contributed by atoms with Crippen LogP contribution < -0.4 is 16.6 Å². The zero-order chi connectivity index (χ0) is 7.40. The first-order valence-corrected chi connectivity index (χ1v) is 2.37. The summed E-state index contributed by atoms with van der Waals surface area (Å²) in [5.74, 6) is 0.291. The van der Waals surface area contributed by atoms with Gasteiger partial charge in [0.1, 0.15) is 0 Å². The molecule has 1 aromatic heterocycles. The van der Waals surface area contributed by atoms with Crippen LogP contribution in [0.4, 0.5) is 10.6 Å². The first-order chi connectivity index (χ1) is 4.79. The van der Waals surface area contributed by atoms with Crippen molar-refractivity contribution in [3.05, 3.63) is 6.26 Å². The zero-order valence-electron chi connectivity index (χ0n) is 4.87. The molecule has 0 radical (unpaired) electrons. The minimum absolute atomic E-state index is 0.291. The topological polar surface area (TPSA) is 106 Å². The predicted octanol–water partition coefficient (Wildman–Crippen LogP) is -0.935. The molecule has 0 aliphatic heterocycles. The first-order valence-electron chi connectivity index (χ1n) is 2.37. The summed E-state index contributed by atoms with van der Waals surface area (Å²) in [4.78, 5) is 10.1. The smallest absolute Gasteiger partial charge is 0.330 e. The van der Waals surface area contributed by atoms with Crippen molar-refractivity contribution in [3.8, 4) is 0 Å². The molecule has 0 aliphatic carbocycles. The van der Waals surface area contributed by atoms with E-state index in [1.807, 2.05) is 0 Å². The van der Waals surface area contributed by atoms with Crippen LogP contribution in [0.15, 0.2) is 10.8 Å². The second kappa shape index (κ2) is 2.67. The van der Waals surface area contributed by atoms with Crippen LogP contribution in [0.3, 0.4) is 0 Å². The molecule has 0 aromatic carbocycles. The Morgan fingerprint density at radius 3 is 3.10 bits per heavy atom. The molecule has 1 rings (SSSR count). The number of nitrogens with zero attached hydrogens (tertiary/aromatic N) is 2. The fourth-order valence-corrected chi connectivity index (χ4v) is 0.345. The van der Waals surface area contributed by atoms with Gasteiger partial charge >= 0.3 is 6.03 Å². The zero-order valence-corrected chi connectivity index (χ0v) is 4.87. The number of nitrogens with one attached hydrogen (secondary N) is 2. The number of carbonyl (C=O) groups excluding carboxylic acids is 1.